The van der Waals surface area contributed by atoms with Crippen molar-refractivity contribution in [2.45, 2.75) is 84.5 Å². The number of rotatable bonds is 11. The molecule has 0 saturated heterocycles. The average Bonchev–Trinajstić information content (AvgIpc) is 3.51. The molecule has 2 aliphatic rings. The number of hydrogen-bond acceptors (Lipinski definition) is 0. The van der Waals surface area contributed by atoms with Crippen LogP contribution in [0, 0.1) is 12.3 Å². The molecule has 0 radical (unpaired) electrons. The van der Waals surface area contributed by atoms with Crippen LogP contribution in [0.1, 0.15) is 84.5 Å². The number of halogens is 2. The van der Waals surface area contributed by atoms with Crippen LogP contribution in [0.5, 0.6) is 0 Å². The molecular formula is C30H43Cl2PZr. The van der Waals surface area contributed by atoms with Crippen molar-refractivity contribution >= 4 is 41.0 Å². The van der Waals surface area contributed by atoms with E-state index in [2.05, 4.69) is 74.9 Å². The summed E-state index contributed by atoms with van der Waals surface area (Å²) < 4.78 is 0. The molecule has 1 fully saturated rings. The summed E-state index contributed by atoms with van der Waals surface area (Å²) in [6.07, 6.45) is 27.1. The van der Waals surface area contributed by atoms with Crippen molar-refractivity contribution in [1.82, 2.24) is 0 Å². The fourth-order valence-corrected chi connectivity index (χ4v) is 7.40. The monoisotopic (exact) mass is 594 g/mol. The van der Waals surface area contributed by atoms with E-state index in [1.54, 1.807) is 10.9 Å². The molecule has 34 heavy (non-hydrogen) atoms. The van der Waals surface area contributed by atoms with Crippen LogP contribution < -0.4 is 5.30 Å². The van der Waals surface area contributed by atoms with E-state index in [4.69, 9.17) is 17.0 Å². The van der Waals surface area contributed by atoms with E-state index in [1.165, 1.54) is 93.7 Å². The van der Waals surface area contributed by atoms with E-state index in [0.29, 0.717) is 0 Å². The Morgan fingerprint density at radius 3 is 2.26 bits per heavy atom. The first kappa shape index (κ1) is 30.3. The summed E-state index contributed by atoms with van der Waals surface area (Å²) in [5, 5.41) is 4.53. The topological polar surface area (TPSA) is 0 Å². The van der Waals surface area contributed by atoms with Crippen LogP contribution in [0.15, 0.2) is 60.2 Å². The molecule has 0 N–H and O–H groups in total. The Morgan fingerprint density at radius 2 is 1.65 bits per heavy atom. The molecule has 2 aromatic rings. The van der Waals surface area contributed by atoms with Crippen LogP contribution in [-0.2, 0) is 20.8 Å². The average molecular weight is 597 g/mol. The maximum atomic E-state index is 4.93. The summed E-state index contributed by atoms with van der Waals surface area (Å²) >= 11 is -0.826. The molecule has 1 atom stereocenters. The summed E-state index contributed by atoms with van der Waals surface area (Å²) in [5.41, 5.74) is 1.58. The Hall–Kier alpha value is 0.0731. The molecule has 4 rings (SSSR count). The Kier molecular flexibility index (Phi) is 17.1. The van der Waals surface area contributed by atoms with Gasteiger partial charge in [0.15, 0.2) is 0 Å². The van der Waals surface area contributed by atoms with Crippen molar-refractivity contribution < 1.29 is 20.8 Å². The van der Waals surface area contributed by atoms with Crippen LogP contribution in [0.25, 0.3) is 10.8 Å². The zero-order valence-corrected chi connectivity index (χ0v) is 26.1. The first-order valence-electron chi connectivity index (χ1n) is 13.3. The molecule has 2 aromatic carbocycles. The predicted octanol–water partition coefficient (Wildman–Crippen LogP) is 10.7. The molecule has 0 aromatic heterocycles. The van der Waals surface area contributed by atoms with Crippen molar-refractivity contribution in [3.8, 4) is 0 Å². The summed E-state index contributed by atoms with van der Waals surface area (Å²) in [5.74, 6) is 0.884. The number of allylic oxidation sites excluding steroid dienone is 4. The Bertz CT molecular complexity index is 796. The zero-order valence-electron chi connectivity index (χ0n) is 21.2. The standard InChI is InChI=1S/C21H32P.C9H11.2ClH.Zr/c1-3-5-7-11-15-22(16-12-8-6-4-2)21-17-19-13-9-10-14-20(19)18-21;1-2-5-9-7-3-6-8(9)4-1;;;/h9-10,13-14,17-18H,3-8,11-12,15-16H2,1-2H3;1-2,4,6,9H,3,5,7H2;2*1H;/q2*-1;;;+4/p-2. The third kappa shape index (κ3) is 11.4. The van der Waals surface area contributed by atoms with Crippen LogP contribution in [0.2, 0.25) is 0 Å². The van der Waals surface area contributed by atoms with Crippen molar-refractivity contribution in [3.63, 3.8) is 0 Å². The van der Waals surface area contributed by atoms with Gasteiger partial charge < -0.3 is 0 Å². The number of unbranched alkanes of at least 4 members (excludes halogenated alkanes) is 6. The van der Waals surface area contributed by atoms with Crippen molar-refractivity contribution in [2.75, 3.05) is 12.3 Å². The van der Waals surface area contributed by atoms with E-state index >= 15 is 0 Å². The van der Waals surface area contributed by atoms with E-state index in [0.717, 1.165) is 5.92 Å². The van der Waals surface area contributed by atoms with Crippen molar-refractivity contribution in [1.29, 1.82) is 0 Å². The molecule has 0 spiro atoms. The van der Waals surface area contributed by atoms with Gasteiger partial charge in [0.2, 0.25) is 0 Å². The van der Waals surface area contributed by atoms with Gasteiger partial charge in [0.25, 0.3) is 0 Å². The van der Waals surface area contributed by atoms with Crippen LogP contribution in [0.3, 0.4) is 0 Å². The van der Waals surface area contributed by atoms with Gasteiger partial charge in [-0.25, -0.2) is 18.1 Å². The summed E-state index contributed by atoms with van der Waals surface area (Å²) in [7, 11) is 9.93. The SMILES string of the molecule is C1=CCC2CC[CH-]C2=C1.CCCCCCP(CCCCCC)c1cc2ccccc2[cH-]1.[Cl][Zr+2][Cl]. The first-order chi connectivity index (χ1) is 16.7. The van der Waals surface area contributed by atoms with Gasteiger partial charge in [-0.15, -0.1) is 58.9 Å². The number of hydrogen-bond donors (Lipinski definition) is 0. The zero-order chi connectivity index (χ0) is 24.4. The molecule has 0 aliphatic heterocycles. The molecular weight excluding hydrogens is 553 g/mol. The van der Waals surface area contributed by atoms with Gasteiger partial charge in [0.1, 0.15) is 0 Å². The molecule has 0 bridgehead atoms. The van der Waals surface area contributed by atoms with E-state index in [9.17, 15) is 0 Å². The second kappa shape index (κ2) is 19.2. The molecule has 4 heteroatoms. The Labute approximate surface area is 229 Å². The summed E-state index contributed by atoms with van der Waals surface area (Å²) in [6, 6.07) is 13.8. The quantitative estimate of drug-likeness (QED) is 0.138. The predicted molar refractivity (Wildman–Crippen MR) is 155 cm³/mol. The van der Waals surface area contributed by atoms with E-state index < -0.39 is 20.8 Å². The van der Waals surface area contributed by atoms with Gasteiger partial charge >= 0.3 is 37.9 Å². The molecule has 0 heterocycles. The molecule has 2 aliphatic carbocycles. The molecule has 0 nitrogen and oxygen atoms in total. The Balaban J connectivity index is 0.000000278. The molecule has 1 saturated carbocycles. The van der Waals surface area contributed by atoms with Crippen LogP contribution in [0.4, 0.5) is 0 Å². The summed E-state index contributed by atoms with van der Waals surface area (Å²) in [6.45, 7) is 4.61. The first-order valence-corrected chi connectivity index (χ1v) is 21.3. The minimum absolute atomic E-state index is 0.0642. The fourth-order valence-electron chi connectivity index (χ4n) is 4.81. The third-order valence-electron chi connectivity index (χ3n) is 6.74. The van der Waals surface area contributed by atoms with Gasteiger partial charge in [-0.05, 0) is 37.5 Å². The van der Waals surface area contributed by atoms with Gasteiger partial charge in [-0.2, -0.15) is 6.07 Å². The summed E-state index contributed by atoms with van der Waals surface area (Å²) in [4.78, 5) is 0. The van der Waals surface area contributed by atoms with Gasteiger partial charge in [-0.1, -0.05) is 72.8 Å². The molecule has 1 unspecified atom stereocenters. The minimum atomic E-state index is -0.826. The van der Waals surface area contributed by atoms with Gasteiger partial charge in [-0.3, -0.25) is 0 Å². The fraction of sp³-hybridized carbons (Fsp3) is 0.533. The van der Waals surface area contributed by atoms with Crippen LogP contribution >= 0.6 is 24.9 Å². The van der Waals surface area contributed by atoms with Crippen LogP contribution in [-0.4, -0.2) is 12.3 Å². The number of fused-ring (bicyclic) bond motifs is 2. The van der Waals surface area contributed by atoms with Gasteiger partial charge in [0, 0.05) is 0 Å². The van der Waals surface area contributed by atoms with Crippen molar-refractivity contribution in [3.05, 3.63) is 66.6 Å². The normalized spacial score (nSPS) is 16.0. The second-order valence-electron chi connectivity index (χ2n) is 9.33. The molecule has 186 valence electrons. The third-order valence-corrected chi connectivity index (χ3v) is 9.44. The Morgan fingerprint density at radius 1 is 0.971 bits per heavy atom. The molecule has 0 amide bonds. The van der Waals surface area contributed by atoms with E-state index in [1.807, 2.05) is 0 Å². The van der Waals surface area contributed by atoms with Gasteiger partial charge in [0.05, 0.1) is 0 Å². The maximum absolute atomic E-state index is 4.93. The number of benzene rings is 1. The van der Waals surface area contributed by atoms with Crippen molar-refractivity contribution in [2.24, 2.45) is 5.92 Å². The van der Waals surface area contributed by atoms with E-state index in [-0.39, 0.29) is 7.92 Å². The second-order valence-corrected chi connectivity index (χ2v) is 15.6.